The zero-order chi connectivity index (χ0) is 17.1. The van der Waals surface area contributed by atoms with E-state index in [2.05, 4.69) is 30.0 Å². The second kappa shape index (κ2) is 7.35. The smallest absolute Gasteiger partial charge is 0.227 e. The minimum Gasteiger partial charge on any atom is -0.356 e. The van der Waals surface area contributed by atoms with Gasteiger partial charge in [0.05, 0.1) is 5.69 Å². The summed E-state index contributed by atoms with van der Waals surface area (Å²) in [6.07, 6.45) is 7.75. The summed E-state index contributed by atoms with van der Waals surface area (Å²) >= 11 is 0. The maximum Gasteiger partial charge on any atom is 0.227 e. The summed E-state index contributed by atoms with van der Waals surface area (Å²) in [5.41, 5.74) is 1.03. The lowest BCUT2D eigenvalue weighted by molar-refractivity contribution is 0.246. The first-order chi connectivity index (χ1) is 12.3. The van der Waals surface area contributed by atoms with Crippen LogP contribution in [-0.2, 0) is 13.6 Å². The summed E-state index contributed by atoms with van der Waals surface area (Å²) in [5.74, 6) is 1.94. The van der Waals surface area contributed by atoms with Crippen LogP contribution in [0.25, 0.3) is 0 Å². The van der Waals surface area contributed by atoms with Crippen LogP contribution in [0.3, 0.4) is 0 Å². The number of rotatable bonds is 4. The number of anilines is 2. The van der Waals surface area contributed by atoms with E-state index >= 15 is 0 Å². The van der Waals surface area contributed by atoms with Crippen LogP contribution in [0, 0.1) is 0 Å². The Morgan fingerprint density at radius 2 is 1.76 bits per heavy atom. The predicted molar refractivity (Wildman–Crippen MR) is 96.6 cm³/mol. The predicted octanol–water partition coefficient (Wildman–Crippen LogP) is 0.918. The van der Waals surface area contributed by atoms with Gasteiger partial charge in [0.1, 0.15) is 5.82 Å². The van der Waals surface area contributed by atoms with Crippen LogP contribution < -0.4 is 9.80 Å². The van der Waals surface area contributed by atoms with Gasteiger partial charge in [-0.3, -0.25) is 9.58 Å². The highest BCUT2D eigenvalue weighted by Gasteiger charge is 2.21. The molecule has 0 bridgehead atoms. The van der Waals surface area contributed by atoms with Crippen LogP contribution in [-0.4, -0.2) is 69.1 Å². The molecule has 0 amide bonds. The molecule has 8 nitrogen and oxygen atoms in total. The van der Waals surface area contributed by atoms with Crippen molar-refractivity contribution in [3.05, 3.63) is 24.2 Å². The van der Waals surface area contributed by atoms with Crippen LogP contribution in [0.15, 0.2) is 18.5 Å². The zero-order valence-corrected chi connectivity index (χ0v) is 14.9. The molecule has 0 radical (unpaired) electrons. The number of aryl methyl sites for hydroxylation is 1. The van der Waals surface area contributed by atoms with E-state index in [1.54, 1.807) is 4.68 Å². The fourth-order valence-corrected chi connectivity index (χ4v) is 3.59. The highest BCUT2D eigenvalue weighted by molar-refractivity contribution is 5.44. The maximum absolute atomic E-state index is 4.83. The first kappa shape index (κ1) is 16.3. The lowest BCUT2D eigenvalue weighted by Gasteiger charge is -2.35. The van der Waals surface area contributed by atoms with E-state index in [-0.39, 0.29) is 0 Å². The molecular formula is C17H26N8. The van der Waals surface area contributed by atoms with Crippen molar-refractivity contribution in [3.63, 3.8) is 0 Å². The fourth-order valence-electron chi connectivity index (χ4n) is 3.59. The van der Waals surface area contributed by atoms with Gasteiger partial charge >= 0.3 is 0 Å². The Bertz CT molecular complexity index is 685. The van der Waals surface area contributed by atoms with Gasteiger partial charge in [0.2, 0.25) is 5.95 Å². The SMILES string of the molecule is Cn1cc(CN2CCN(c3nccc(N4CCCCC4)n3)CC2)nn1. The monoisotopic (exact) mass is 342 g/mol. The molecule has 8 heteroatoms. The normalized spacial score (nSPS) is 19.4. The van der Waals surface area contributed by atoms with Gasteiger partial charge < -0.3 is 9.80 Å². The molecular weight excluding hydrogens is 316 g/mol. The van der Waals surface area contributed by atoms with Crippen molar-refractivity contribution in [3.8, 4) is 0 Å². The van der Waals surface area contributed by atoms with Gasteiger partial charge in [-0.05, 0) is 25.3 Å². The van der Waals surface area contributed by atoms with E-state index in [9.17, 15) is 0 Å². The number of aromatic nitrogens is 5. The lowest BCUT2D eigenvalue weighted by atomic mass is 10.1. The minimum atomic E-state index is 0.857. The van der Waals surface area contributed by atoms with E-state index in [4.69, 9.17) is 4.98 Å². The Labute approximate surface area is 148 Å². The highest BCUT2D eigenvalue weighted by Crippen LogP contribution is 2.20. The molecule has 0 N–H and O–H groups in total. The second-order valence-corrected chi connectivity index (χ2v) is 6.91. The van der Waals surface area contributed by atoms with Gasteiger partial charge in [0, 0.05) is 65.3 Å². The maximum atomic E-state index is 4.83. The molecule has 0 saturated carbocycles. The van der Waals surface area contributed by atoms with E-state index < -0.39 is 0 Å². The molecule has 2 aliphatic heterocycles. The van der Waals surface area contributed by atoms with Crippen molar-refractivity contribution in [2.45, 2.75) is 25.8 Å². The molecule has 25 heavy (non-hydrogen) atoms. The largest absolute Gasteiger partial charge is 0.356 e. The number of nitrogens with zero attached hydrogens (tertiary/aromatic N) is 8. The summed E-state index contributed by atoms with van der Waals surface area (Å²) in [6.45, 7) is 6.97. The molecule has 2 aliphatic rings. The molecule has 0 aliphatic carbocycles. The van der Waals surface area contributed by atoms with Crippen LogP contribution in [0.2, 0.25) is 0 Å². The van der Waals surface area contributed by atoms with Crippen LogP contribution in [0.4, 0.5) is 11.8 Å². The van der Waals surface area contributed by atoms with E-state index in [1.165, 1.54) is 19.3 Å². The van der Waals surface area contributed by atoms with E-state index in [0.29, 0.717) is 0 Å². The zero-order valence-electron chi connectivity index (χ0n) is 14.9. The quantitative estimate of drug-likeness (QED) is 0.818. The molecule has 0 aromatic carbocycles. The Hall–Kier alpha value is -2.22. The van der Waals surface area contributed by atoms with Gasteiger partial charge in [-0.2, -0.15) is 4.98 Å². The molecule has 4 rings (SSSR count). The van der Waals surface area contributed by atoms with Crippen LogP contribution >= 0.6 is 0 Å². The number of piperazine rings is 1. The third kappa shape index (κ3) is 3.89. The summed E-state index contributed by atoms with van der Waals surface area (Å²) < 4.78 is 1.76. The van der Waals surface area contributed by atoms with Gasteiger partial charge in [0.15, 0.2) is 0 Å². The lowest BCUT2D eigenvalue weighted by Crippen LogP contribution is -2.46. The van der Waals surface area contributed by atoms with Gasteiger partial charge in [-0.15, -0.1) is 5.10 Å². The molecule has 0 spiro atoms. The summed E-state index contributed by atoms with van der Waals surface area (Å²) in [4.78, 5) is 16.4. The fraction of sp³-hybridized carbons (Fsp3) is 0.647. The van der Waals surface area contributed by atoms with Crippen molar-refractivity contribution in [2.75, 3.05) is 49.1 Å². The Morgan fingerprint density at radius 1 is 0.960 bits per heavy atom. The summed E-state index contributed by atoms with van der Waals surface area (Å²) in [7, 11) is 1.90. The molecule has 0 atom stereocenters. The first-order valence-electron chi connectivity index (χ1n) is 9.18. The third-order valence-corrected chi connectivity index (χ3v) is 5.00. The second-order valence-electron chi connectivity index (χ2n) is 6.91. The van der Waals surface area contributed by atoms with Crippen molar-refractivity contribution >= 4 is 11.8 Å². The van der Waals surface area contributed by atoms with Gasteiger partial charge in [-0.25, -0.2) is 4.98 Å². The van der Waals surface area contributed by atoms with E-state index in [1.807, 2.05) is 25.5 Å². The molecule has 2 fully saturated rings. The van der Waals surface area contributed by atoms with Crippen LogP contribution in [0.5, 0.6) is 0 Å². The minimum absolute atomic E-state index is 0.857. The van der Waals surface area contributed by atoms with Crippen LogP contribution in [0.1, 0.15) is 25.0 Å². The Morgan fingerprint density at radius 3 is 2.48 bits per heavy atom. The highest BCUT2D eigenvalue weighted by atomic mass is 15.4. The van der Waals surface area contributed by atoms with Crippen molar-refractivity contribution in [1.82, 2.24) is 29.9 Å². The molecule has 0 unspecified atom stereocenters. The molecule has 2 aromatic rings. The average Bonchev–Trinajstić information content (AvgIpc) is 3.08. The standard InChI is InChI=1S/C17H26N8/c1-22-13-15(20-21-22)14-23-9-11-25(12-10-23)17-18-6-5-16(19-17)24-7-3-2-4-8-24/h5-6,13H,2-4,7-12,14H2,1H3. The summed E-state index contributed by atoms with van der Waals surface area (Å²) in [5, 5.41) is 8.18. The number of piperidine rings is 1. The van der Waals surface area contributed by atoms with E-state index in [0.717, 1.165) is 63.3 Å². The topological polar surface area (TPSA) is 66.2 Å². The van der Waals surface area contributed by atoms with Crippen molar-refractivity contribution < 1.29 is 0 Å². The number of hydrogen-bond acceptors (Lipinski definition) is 7. The van der Waals surface area contributed by atoms with Crippen molar-refractivity contribution in [1.29, 1.82) is 0 Å². The Kier molecular flexibility index (Phi) is 4.78. The third-order valence-electron chi connectivity index (χ3n) is 5.00. The summed E-state index contributed by atoms with van der Waals surface area (Å²) in [6, 6.07) is 2.04. The molecule has 4 heterocycles. The molecule has 2 saturated heterocycles. The van der Waals surface area contributed by atoms with Gasteiger partial charge in [-0.1, -0.05) is 5.21 Å². The van der Waals surface area contributed by atoms with Gasteiger partial charge in [0.25, 0.3) is 0 Å². The first-order valence-corrected chi connectivity index (χ1v) is 9.18. The average molecular weight is 342 g/mol. The Balaban J connectivity index is 1.35. The van der Waals surface area contributed by atoms with Crippen molar-refractivity contribution in [2.24, 2.45) is 7.05 Å². The molecule has 134 valence electrons. The molecule has 2 aromatic heterocycles. The number of hydrogen-bond donors (Lipinski definition) is 0.